The maximum atomic E-state index is 15.0. The number of halogens is 2. The van der Waals surface area contributed by atoms with Gasteiger partial charge < -0.3 is 29.9 Å². The van der Waals surface area contributed by atoms with Crippen molar-refractivity contribution in [2.45, 2.75) is 44.8 Å². The van der Waals surface area contributed by atoms with Crippen molar-refractivity contribution in [2.24, 2.45) is 11.8 Å². The van der Waals surface area contributed by atoms with Crippen molar-refractivity contribution >= 4 is 6.03 Å². The van der Waals surface area contributed by atoms with Gasteiger partial charge in [-0.25, -0.2) is 18.6 Å². The number of urea groups is 1. The molecule has 0 saturated carbocycles. The number of rotatable bonds is 10. The van der Waals surface area contributed by atoms with Gasteiger partial charge in [0.15, 0.2) is 0 Å². The molecule has 10 heteroatoms. The summed E-state index contributed by atoms with van der Waals surface area (Å²) in [5.41, 5.74) is 1.42. The SMILES string of the molecule is CC(CO)NC(=O)N(CC1CCNC1)C(c1nc(-c2cc(F)ccc2F)cn1Cc1ccccc1)C1CCOCC1. The van der Waals surface area contributed by atoms with E-state index in [9.17, 15) is 18.7 Å². The van der Waals surface area contributed by atoms with Crippen molar-refractivity contribution in [3.63, 3.8) is 0 Å². The fourth-order valence-corrected chi connectivity index (χ4v) is 5.84. The first kappa shape index (κ1) is 29.2. The lowest BCUT2D eigenvalue weighted by atomic mass is 9.89. The Morgan fingerprint density at radius 1 is 1.20 bits per heavy atom. The lowest BCUT2D eigenvalue weighted by Crippen LogP contribution is -2.51. The van der Waals surface area contributed by atoms with E-state index in [1.807, 2.05) is 39.8 Å². The van der Waals surface area contributed by atoms with Crippen LogP contribution >= 0.6 is 0 Å². The first-order valence-electron chi connectivity index (χ1n) is 14.5. The summed E-state index contributed by atoms with van der Waals surface area (Å²) in [4.78, 5) is 20.7. The van der Waals surface area contributed by atoms with E-state index in [1.165, 1.54) is 0 Å². The molecule has 3 atom stereocenters. The van der Waals surface area contributed by atoms with E-state index >= 15 is 0 Å². The van der Waals surface area contributed by atoms with Crippen LogP contribution in [0.4, 0.5) is 13.6 Å². The zero-order valence-electron chi connectivity index (χ0n) is 23.4. The molecule has 1 aromatic heterocycles. The number of aliphatic hydroxyl groups excluding tert-OH is 1. The lowest BCUT2D eigenvalue weighted by molar-refractivity contribution is 0.0273. The summed E-state index contributed by atoms with van der Waals surface area (Å²) in [6.45, 7) is 5.36. The molecular weight excluding hydrogens is 528 g/mol. The van der Waals surface area contributed by atoms with Crippen LogP contribution in [0.2, 0.25) is 0 Å². The van der Waals surface area contributed by atoms with Gasteiger partial charge in [-0.3, -0.25) is 0 Å². The van der Waals surface area contributed by atoms with Gasteiger partial charge >= 0.3 is 6.03 Å². The molecule has 2 fully saturated rings. The summed E-state index contributed by atoms with van der Waals surface area (Å²) >= 11 is 0. The van der Waals surface area contributed by atoms with E-state index in [-0.39, 0.29) is 30.0 Å². The van der Waals surface area contributed by atoms with Crippen LogP contribution in [0, 0.1) is 23.5 Å². The van der Waals surface area contributed by atoms with Gasteiger partial charge in [-0.05, 0) is 74.9 Å². The average molecular weight is 568 g/mol. The fraction of sp³-hybridized carbons (Fsp3) is 0.484. The van der Waals surface area contributed by atoms with Crippen molar-refractivity contribution < 1.29 is 23.4 Å². The molecule has 3 N–H and O–H groups in total. The molecule has 2 saturated heterocycles. The van der Waals surface area contributed by atoms with E-state index in [2.05, 4.69) is 10.6 Å². The molecule has 220 valence electrons. The molecule has 8 nitrogen and oxygen atoms in total. The van der Waals surface area contributed by atoms with Gasteiger partial charge in [0, 0.05) is 38.1 Å². The molecule has 0 spiro atoms. The van der Waals surface area contributed by atoms with Gasteiger partial charge in [0.05, 0.1) is 24.4 Å². The van der Waals surface area contributed by atoms with Crippen LogP contribution in [0.1, 0.15) is 43.6 Å². The van der Waals surface area contributed by atoms with Gasteiger partial charge in [0.25, 0.3) is 0 Å². The summed E-state index contributed by atoms with van der Waals surface area (Å²) < 4.78 is 36.9. The molecule has 0 bridgehead atoms. The number of hydrogen-bond acceptors (Lipinski definition) is 5. The Hall–Kier alpha value is -3.34. The highest BCUT2D eigenvalue weighted by Crippen LogP contribution is 2.38. The van der Waals surface area contributed by atoms with Gasteiger partial charge in [-0.15, -0.1) is 0 Å². The normalized spacial score (nSPS) is 19.2. The molecule has 41 heavy (non-hydrogen) atoms. The minimum absolute atomic E-state index is 0.0374. The molecular formula is C31H39F2N5O3. The number of benzene rings is 2. The molecule has 3 aromatic rings. The number of aromatic nitrogens is 2. The van der Waals surface area contributed by atoms with E-state index in [0.29, 0.717) is 37.8 Å². The number of carbonyl (C=O) groups is 1. The minimum Gasteiger partial charge on any atom is -0.394 e. The second kappa shape index (κ2) is 13.5. The quantitative estimate of drug-likeness (QED) is 0.339. The van der Waals surface area contributed by atoms with Crippen LogP contribution in [-0.4, -0.2) is 71.1 Å². The topological polar surface area (TPSA) is 91.6 Å². The predicted octanol–water partition coefficient (Wildman–Crippen LogP) is 4.35. The Bertz CT molecular complexity index is 1290. The van der Waals surface area contributed by atoms with Gasteiger partial charge in [-0.1, -0.05) is 30.3 Å². The number of aliphatic hydroxyl groups is 1. The number of hydrogen-bond donors (Lipinski definition) is 3. The van der Waals surface area contributed by atoms with E-state index in [4.69, 9.17) is 9.72 Å². The van der Waals surface area contributed by atoms with Crippen LogP contribution in [0.25, 0.3) is 11.3 Å². The Labute approximate surface area is 239 Å². The molecule has 0 aliphatic carbocycles. The van der Waals surface area contributed by atoms with Crippen molar-refractivity contribution in [1.29, 1.82) is 0 Å². The highest BCUT2D eigenvalue weighted by Gasteiger charge is 2.38. The predicted molar refractivity (Wildman–Crippen MR) is 152 cm³/mol. The molecule has 2 aliphatic heterocycles. The van der Waals surface area contributed by atoms with Crippen molar-refractivity contribution in [3.8, 4) is 11.3 Å². The maximum absolute atomic E-state index is 15.0. The van der Waals surface area contributed by atoms with Crippen LogP contribution < -0.4 is 10.6 Å². The molecule has 2 aromatic carbocycles. The van der Waals surface area contributed by atoms with Crippen LogP contribution in [-0.2, 0) is 11.3 Å². The highest BCUT2D eigenvalue weighted by molar-refractivity contribution is 5.75. The Morgan fingerprint density at radius 2 is 1.98 bits per heavy atom. The number of nitrogens with one attached hydrogen (secondary N) is 2. The molecule has 2 aliphatic rings. The van der Waals surface area contributed by atoms with Crippen LogP contribution in [0.3, 0.4) is 0 Å². The second-order valence-corrected chi connectivity index (χ2v) is 11.2. The molecule has 3 heterocycles. The Kier molecular flexibility index (Phi) is 9.64. The fourth-order valence-electron chi connectivity index (χ4n) is 5.84. The van der Waals surface area contributed by atoms with E-state index in [1.54, 1.807) is 13.1 Å². The molecule has 3 unspecified atom stereocenters. The largest absolute Gasteiger partial charge is 0.394 e. The third-order valence-electron chi connectivity index (χ3n) is 8.04. The third-order valence-corrected chi connectivity index (χ3v) is 8.04. The zero-order valence-corrected chi connectivity index (χ0v) is 23.4. The lowest BCUT2D eigenvalue weighted by Gasteiger charge is -2.40. The number of nitrogens with zero attached hydrogens (tertiary/aromatic N) is 3. The summed E-state index contributed by atoms with van der Waals surface area (Å²) in [6, 6.07) is 12.1. The Morgan fingerprint density at radius 3 is 2.68 bits per heavy atom. The third kappa shape index (κ3) is 7.12. The monoisotopic (exact) mass is 567 g/mol. The van der Waals surface area contributed by atoms with Crippen molar-refractivity contribution in [2.75, 3.05) is 39.5 Å². The number of ether oxygens (including phenoxy) is 1. The average Bonchev–Trinajstić information content (AvgIpc) is 3.65. The maximum Gasteiger partial charge on any atom is 0.318 e. The van der Waals surface area contributed by atoms with E-state index < -0.39 is 23.7 Å². The first-order chi connectivity index (χ1) is 19.9. The highest BCUT2D eigenvalue weighted by atomic mass is 19.1. The van der Waals surface area contributed by atoms with Crippen molar-refractivity contribution in [1.82, 2.24) is 25.1 Å². The molecule has 5 rings (SSSR count). The van der Waals surface area contributed by atoms with E-state index in [0.717, 1.165) is 56.1 Å². The summed E-state index contributed by atoms with van der Waals surface area (Å²) in [5.74, 6) is -0.194. The molecule has 2 amide bonds. The van der Waals surface area contributed by atoms with Crippen molar-refractivity contribution in [3.05, 3.63) is 77.8 Å². The summed E-state index contributed by atoms with van der Waals surface area (Å²) in [6.07, 6.45) is 4.16. The summed E-state index contributed by atoms with van der Waals surface area (Å²) in [5, 5.41) is 16.0. The first-order valence-corrected chi connectivity index (χ1v) is 14.5. The zero-order chi connectivity index (χ0) is 28.8. The smallest absolute Gasteiger partial charge is 0.318 e. The van der Waals surface area contributed by atoms with Gasteiger partial charge in [-0.2, -0.15) is 0 Å². The number of carbonyl (C=O) groups excluding carboxylic acids is 1. The second-order valence-electron chi connectivity index (χ2n) is 11.2. The van der Waals surface area contributed by atoms with Crippen LogP contribution in [0.5, 0.6) is 0 Å². The Balaban J connectivity index is 1.63. The standard InChI is InChI=1S/C31H39F2N5O3/c1-21(20-39)35-31(40)38(18-23-9-12-34-16-23)29(24-10-13-41-14-11-24)30-36-28(26-15-25(32)7-8-27(26)33)19-37(30)17-22-5-3-2-4-6-22/h2-8,15,19,21,23-24,29,34,39H,9-14,16-18,20H2,1H3,(H,35,40). The van der Waals surface area contributed by atoms with Gasteiger partial charge in [0.1, 0.15) is 17.5 Å². The van der Waals surface area contributed by atoms with Gasteiger partial charge in [0.2, 0.25) is 0 Å². The molecule has 0 radical (unpaired) electrons. The number of imidazole rings is 1. The number of amides is 2. The summed E-state index contributed by atoms with van der Waals surface area (Å²) in [7, 11) is 0. The van der Waals surface area contributed by atoms with Crippen LogP contribution in [0.15, 0.2) is 54.7 Å². The minimum atomic E-state index is -0.562.